The second kappa shape index (κ2) is 7.53. The van der Waals surface area contributed by atoms with Crippen LogP contribution in [0.4, 0.5) is 9.18 Å². The number of halogens is 2. The maximum atomic E-state index is 13.4. The van der Waals surface area contributed by atoms with Gasteiger partial charge in [0.05, 0.1) is 0 Å². The molecular weight excluding hydrogens is 347 g/mol. The standard InChI is InChI=1S/C13H12BrFN2O4/c1-7(12(19)17-13(16)20)21-11(18)5-2-8-6-9(14)3-4-10(8)15/h2-7H,1H3,(H3,16,17,19,20)/b5-2+/t7-/m0/s1. The normalized spacial score (nSPS) is 12.0. The lowest BCUT2D eigenvalue weighted by atomic mass is 10.2. The molecule has 21 heavy (non-hydrogen) atoms. The van der Waals surface area contributed by atoms with E-state index in [9.17, 15) is 18.8 Å². The van der Waals surface area contributed by atoms with Gasteiger partial charge in [-0.25, -0.2) is 14.0 Å². The van der Waals surface area contributed by atoms with Crippen LogP contribution in [-0.4, -0.2) is 24.0 Å². The summed E-state index contributed by atoms with van der Waals surface area (Å²) in [6.45, 7) is 1.27. The van der Waals surface area contributed by atoms with E-state index in [1.54, 1.807) is 5.32 Å². The van der Waals surface area contributed by atoms with Gasteiger partial charge in [0.1, 0.15) is 5.82 Å². The van der Waals surface area contributed by atoms with Crippen molar-refractivity contribution in [2.24, 2.45) is 5.73 Å². The fourth-order valence-electron chi connectivity index (χ4n) is 1.29. The summed E-state index contributed by atoms with van der Waals surface area (Å²) >= 11 is 3.17. The Balaban J connectivity index is 2.64. The van der Waals surface area contributed by atoms with Gasteiger partial charge in [0, 0.05) is 16.1 Å². The van der Waals surface area contributed by atoms with E-state index in [0.717, 1.165) is 6.08 Å². The predicted octanol–water partition coefficient (Wildman–Crippen LogP) is 1.73. The summed E-state index contributed by atoms with van der Waals surface area (Å²) in [5, 5.41) is 1.77. The average molecular weight is 359 g/mol. The number of nitrogens with two attached hydrogens (primary N) is 1. The topological polar surface area (TPSA) is 98.5 Å². The number of hydrogen-bond donors (Lipinski definition) is 2. The molecule has 0 aromatic heterocycles. The summed E-state index contributed by atoms with van der Waals surface area (Å²) in [4.78, 5) is 33.2. The molecule has 0 fully saturated rings. The molecule has 1 aromatic carbocycles. The fourth-order valence-corrected chi connectivity index (χ4v) is 1.67. The Morgan fingerprint density at radius 3 is 2.71 bits per heavy atom. The molecular formula is C13H12BrFN2O4. The number of hydrogen-bond acceptors (Lipinski definition) is 4. The quantitative estimate of drug-likeness (QED) is 0.632. The highest BCUT2D eigenvalue weighted by Crippen LogP contribution is 2.16. The number of carbonyl (C=O) groups excluding carboxylic acids is 3. The van der Waals surface area contributed by atoms with Gasteiger partial charge in [0.15, 0.2) is 6.10 Å². The van der Waals surface area contributed by atoms with Gasteiger partial charge in [0.25, 0.3) is 5.91 Å². The molecule has 0 saturated heterocycles. The van der Waals surface area contributed by atoms with Crippen LogP contribution in [-0.2, 0) is 14.3 Å². The zero-order valence-corrected chi connectivity index (χ0v) is 12.5. The smallest absolute Gasteiger partial charge is 0.331 e. The molecule has 0 bridgehead atoms. The van der Waals surface area contributed by atoms with Crippen molar-refractivity contribution in [3.8, 4) is 0 Å². The van der Waals surface area contributed by atoms with Gasteiger partial charge in [-0.05, 0) is 31.2 Å². The van der Waals surface area contributed by atoms with Crippen molar-refractivity contribution >= 4 is 39.9 Å². The zero-order chi connectivity index (χ0) is 16.0. The third-order valence-corrected chi connectivity index (χ3v) is 2.76. The molecule has 1 rings (SSSR count). The Morgan fingerprint density at radius 2 is 2.10 bits per heavy atom. The Kier molecular flexibility index (Phi) is 6.04. The number of benzene rings is 1. The molecule has 3 amide bonds. The molecule has 0 heterocycles. The van der Waals surface area contributed by atoms with Crippen LogP contribution in [0.1, 0.15) is 12.5 Å². The Hall–Kier alpha value is -2.22. The van der Waals surface area contributed by atoms with Gasteiger partial charge in [0.2, 0.25) is 0 Å². The van der Waals surface area contributed by atoms with Gasteiger partial charge < -0.3 is 10.5 Å². The fraction of sp³-hybridized carbons (Fsp3) is 0.154. The third-order valence-electron chi connectivity index (χ3n) is 2.27. The summed E-state index contributed by atoms with van der Waals surface area (Å²) in [6, 6.07) is 3.18. The number of esters is 1. The first kappa shape index (κ1) is 16.8. The molecule has 8 heteroatoms. The van der Waals surface area contributed by atoms with Crippen LogP contribution in [0.15, 0.2) is 28.7 Å². The van der Waals surface area contributed by atoms with Crippen LogP contribution in [0.2, 0.25) is 0 Å². The molecule has 0 saturated carbocycles. The minimum absolute atomic E-state index is 0.176. The molecule has 0 spiro atoms. The number of carbonyl (C=O) groups is 3. The summed E-state index contributed by atoms with van der Waals surface area (Å²) in [5.74, 6) is -2.22. The number of primary amides is 1. The number of rotatable bonds is 4. The van der Waals surface area contributed by atoms with Gasteiger partial charge in [-0.15, -0.1) is 0 Å². The maximum absolute atomic E-state index is 13.4. The number of ether oxygens (including phenoxy) is 1. The first-order valence-corrected chi connectivity index (χ1v) is 6.53. The maximum Gasteiger partial charge on any atom is 0.331 e. The molecule has 0 radical (unpaired) electrons. The minimum atomic E-state index is -1.21. The molecule has 0 aliphatic rings. The first-order chi connectivity index (χ1) is 9.79. The van der Waals surface area contributed by atoms with Crippen LogP contribution < -0.4 is 11.1 Å². The second-order valence-corrected chi connectivity index (χ2v) is 4.85. The van der Waals surface area contributed by atoms with Crippen LogP contribution in [0.5, 0.6) is 0 Å². The second-order valence-electron chi connectivity index (χ2n) is 3.93. The molecule has 0 aliphatic carbocycles. The highest BCUT2D eigenvalue weighted by atomic mass is 79.9. The van der Waals surface area contributed by atoms with Crippen molar-refractivity contribution < 1.29 is 23.5 Å². The Morgan fingerprint density at radius 1 is 1.43 bits per heavy atom. The number of amides is 3. The molecule has 0 unspecified atom stereocenters. The number of urea groups is 1. The molecule has 3 N–H and O–H groups in total. The first-order valence-electron chi connectivity index (χ1n) is 5.73. The highest BCUT2D eigenvalue weighted by molar-refractivity contribution is 9.10. The minimum Gasteiger partial charge on any atom is -0.449 e. The van der Waals surface area contributed by atoms with Crippen molar-refractivity contribution in [3.63, 3.8) is 0 Å². The highest BCUT2D eigenvalue weighted by Gasteiger charge is 2.17. The van der Waals surface area contributed by atoms with Gasteiger partial charge in [-0.2, -0.15) is 0 Å². The average Bonchev–Trinajstić information content (AvgIpc) is 2.39. The van der Waals surface area contributed by atoms with Crippen LogP contribution in [0.25, 0.3) is 6.08 Å². The van der Waals surface area contributed by atoms with Crippen LogP contribution in [0, 0.1) is 5.82 Å². The Bertz CT molecular complexity index is 604. The largest absolute Gasteiger partial charge is 0.449 e. The summed E-state index contributed by atoms with van der Waals surface area (Å²) in [5.41, 5.74) is 4.93. The Labute approximate surface area is 128 Å². The number of nitrogens with one attached hydrogen (secondary N) is 1. The lowest BCUT2D eigenvalue weighted by Gasteiger charge is -2.10. The van der Waals surface area contributed by atoms with E-state index >= 15 is 0 Å². The van der Waals surface area contributed by atoms with Crippen molar-refractivity contribution in [2.75, 3.05) is 0 Å². The van der Waals surface area contributed by atoms with Crippen molar-refractivity contribution in [1.29, 1.82) is 0 Å². The van der Waals surface area contributed by atoms with E-state index in [0.29, 0.717) is 4.47 Å². The van der Waals surface area contributed by atoms with Crippen LogP contribution in [0.3, 0.4) is 0 Å². The van der Waals surface area contributed by atoms with E-state index in [1.165, 1.54) is 31.2 Å². The van der Waals surface area contributed by atoms with E-state index in [1.807, 2.05) is 0 Å². The molecule has 112 valence electrons. The lowest BCUT2D eigenvalue weighted by molar-refractivity contribution is -0.149. The molecule has 1 aromatic rings. The van der Waals surface area contributed by atoms with Crippen molar-refractivity contribution in [1.82, 2.24) is 5.32 Å². The SMILES string of the molecule is C[C@H](OC(=O)/C=C/c1cc(Br)ccc1F)C(=O)NC(N)=O. The van der Waals surface area contributed by atoms with Gasteiger partial charge >= 0.3 is 12.0 Å². The zero-order valence-electron chi connectivity index (χ0n) is 10.9. The van der Waals surface area contributed by atoms with Gasteiger partial charge in [-0.3, -0.25) is 10.1 Å². The van der Waals surface area contributed by atoms with Crippen molar-refractivity contribution in [2.45, 2.75) is 13.0 Å². The predicted molar refractivity (Wildman–Crippen MR) is 76.4 cm³/mol. The molecule has 6 nitrogen and oxygen atoms in total. The summed E-state index contributed by atoms with van der Waals surface area (Å²) in [7, 11) is 0. The third kappa shape index (κ3) is 5.74. The number of imide groups is 1. The van der Waals surface area contributed by atoms with Gasteiger partial charge in [-0.1, -0.05) is 15.9 Å². The van der Waals surface area contributed by atoms with E-state index in [4.69, 9.17) is 10.5 Å². The van der Waals surface area contributed by atoms with E-state index < -0.39 is 29.8 Å². The van der Waals surface area contributed by atoms with E-state index in [-0.39, 0.29) is 5.56 Å². The van der Waals surface area contributed by atoms with Crippen molar-refractivity contribution in [3.05, 3.63) is 40.1 Å². The van der Waals surface area contributed by atoms with Crippen LogP contribution >= 0.6 is 15.9 Å². The molecule has 0 aliphatic heterocycles. The summed E-state index contributed by atoms with van der Waals surface area (Å²) in [6.07, 6.45) is 0.974. The van der Waals surface area contributed by atoms with E-state index in [2.05, 4.69) is 15.9 Å². The lowest BCUT2D eigenvalue weighted by Crippen LogP contribution is -2.42. The summed E-state index contributed by atoms with van der Waals surface area (Å²) < 4.78 is 18.8. The monoisotopic (exact) mass is 358 g/mol. The molecule has 1 atom stereocenters.